The van der Waals surface area contributed by atoms with Crippen molar-refractivity contribution in [3.05, 3.63) is 77.6 Å². The molecular weight excluding hydrogens is 440 g/mol. The Morgan fingerprint density at radius 2 is 1.76 bits per heavy atom. The van der Waals surface area contributed by atoms with Crippen LogP contribution in [0.25, 0.3) is 10.8 Å². The number of carbonyl (C=O) groups excluding carboxylic acids is 1. The van der Waals surface area contributed by atoms with Gasteiger partial charge in [-0.2, -0.15) is 13.5 Å². The summed E-state index contributed by atoms with van der Waals surface area (Å²) in [4.78, 5) is 15.7. The summed E-state index contributed by atoms with van der Waals surface area (Å²) in [5.41, 5.74) is 9.66. The Kier molecular flexibility index (Phi) is 5.92. The number of nitrogen functional groups attached to an aromatic ring is 1. The van der Waals surface area contributed by atoms with Gasteiger partial charge in [-0.1, -0.05) is 55.5 Å². The van der Waals surface area contributed by atoms with Crippen molar-refractivity contribution in [2.75, 3.05) is 5.73 Å². The second-order valence-electron chi connectivity index (χ2n) is 7.90. The highest BCUT2D eigenvalue weighted by molar-refractivity contribution is 7.86. The van der Waals surface area contributed by atoms with Crippen molar-refractivity contribution < 1.29 is 17.8 Å². The summed E-state index contributed by atoms with van der Waals surface area (Å²) in [6.07, 6.45) is 2.17. The number of fused-ring (bicyclic) bond motifs is 1. The summed E-state index contributed by atoms with van der Waals surface area (Å²) in [6.45, 7) is 3.54. The van der Waals surface area contributed by atoms with Gasteiger partial charge in [-0.05, 0) is 18.6 Å². The maximum atomic E-state index is 11.9. The predicted molar refractivity (Wildman–Crippen MR) is 128 cm³/mol. The normalized spacial score (nSPS) is 16.6. The highest BCUT2D eigenvalue weighted by Gasteiger charge is 2.20. The zero-order chi connectivity index (χ0) is 23.8. The van der Waals surface area contributed by atoms with Gasteiger partial charge >= 0.3 is 0 Å². The van der Waals surface area contributed by atoms with Crippen LogP contribution in [-0.2, 0) is 10.1 Å². The molecule has 1 aliphatic heterocycles. The lowest BCUT2D eigenvalue weighted by atomic mass is 9.92. The Morgan fingerprint density at radius 3 is 2.36 bits per heavy atom. The van der Waals surface area contributed by atoms with E-state index in [1.165, 1.54) is 13.0 Å². The molecular formula is C24H22N4O4S. The number of nitrogens with zero attached hydrogens (tertiary/aromatic N) is 3. The number of aliphatic imine (C=N–C) groups is 1. The van der Waals surface area contributed by atoms with Gasteiger partial charge in [0.1, 0.15) is 10.6 Å². The Morgan fingerprint density at radius 1 is 1.09 bits per heavy atom. The van der Waals surface area contributed by atoms with E-state index >= 15 is 0 Å². The number of hydrogen-bond acceptors (Lipinski definition) is 7. The molecule has 0 saturated heterocycles. The van der Waals surface area contributed by atoms with Crippen molar-refractivity contribution >= 4 is 43.8 Å². The summed E-state index contributed by atoms with van der Waals surface area (Å²) in [5, 5.41) is 9.18. The Balaban J connectivity index is 1.67. The van der Waals surface area contributed by atoms with Crippen molar-refractivity contribution in [2.24, 2.45) is 21.1 Å². The first-order chi connectivity index (χ1) is 15.6. The maximum Gasteiger partial charge on any atom is 0.295 e. The third kappa shape index (κ3) is 4.59. The molecule has 1 atom stereocenters. The van der Waals surface area contributed by atoms with Gasteiger partial charge in [0.2, 0.25) is 0 Å². The lowest BCUT2D eigenvalue weighted by Gasteiger charge is -2.18. The van der Waals surface area contributed by atoms with Crippen LogP contribution in [0.15, 0.2) is 86.6 Å². The number of Topliss-reactive ketones (excluding diaryl/α,β-unsaturated/α-hetero) is 1. The first-order valence-electron chi connectivity index (χ1n) is 10.2. The van der Waals surface area contributed by atoms with Gasteiger partial charge in [-0.25, -0.2) is 0 Å². The molecule has 0 saturated carbocycles. The molecule has 168 valence electrons. The van der Waals surface area contributed by atoms with E-state index < -0.39 is 10.1 Å². The van der Waals surface area contributed by atoms with Crippen molar-refractivity contribution in [3.8, 4) is 0 Å². The lowest BCUT2D eigenvalue weighted by molar-refractivity contribution is 0.101. The average Bonchev–Trinajstić information content (AvgIpc) is 2.78. The van der Waals surface area contributed by atoms with E-state index in [0.717, 1.165) is 11.3 Å². The van der Waals surface area contributed by atoms with Crippen molar-refractivity contribution in [1.82, 2.24) is 0 Å². The summed E-state index contributed by atoms with van der Waals surface area (Å²) in [5.74, 6) is 0.0577. The lowest BCUT2D eigenvalue weighted by Crippen LogP contribution is -2.16. The molecule has 0 aromatic heterocycles. The number of allylic oxidation sites excluding steroid dienone is 1. The quantitative estimate of drug-likeness (QED) is 0.229. The van der Waals surface area contributed by atoms with Crippen LogP contribution in [0, 0.1) is 5.92 Å². The number of ketones is 1. The smallest absolute Gasteiger partial charge is 0.295 e. The minimum atomic E-state index is -4.48. The molecule has 1 heterocycles. The van der Waals surface area contributed by atoms with Crippen LogP contribution in [0.1, 0.15) is 36.2 Å². The molecule has 4 rings (SSSR count). The standard InChI is InChI=1S/C24H22N4O4S/c1-14-11-18(13-26-24(14)17-9-7-16(8-10-17)15(2)29)27-28-21-12-22(33(30,31)32)19-5-3-4-6-20(19)23(21)25/h3-10,12-14H,11,25H2,1-2H3,(H,30,31,32). The Labute approximate surface area is 191 Å². The Bertz CT molecular complexity index is 1460. The average molecular weight is 463 g/mol. The summed E-state index contributed by atoms with van der Waals surface area (Å²) < 4.78 is 33.4. The summed E-state index contributed by atoms with van der Waals surface area (Å²) >= 11 is 0. The molecule has 9 heteroatoms. The molecule has 0 bridgehead atoms. The third-order valence-corrected chi connectivity index (χ3v) is 6.41. The zero-order valence-corrected chi connectivity index (χ0v) is 18.9. The third-order valence-electron chi connectivity index (χ3n) is 5.51. The molecule has 3 aromatic carbocycles. The first-order valence-corrected chi connectivity index (χ1v) is 11.7. The number of benzene rings is 3. The van der Waals surface area contributed by atoms with Crippen molar-refractivity contribution in [1.29, 1.82) is 0 Å². The second-order valence-corrected chi connectivity index (χ2v) is 9.29. The number of nitrogens with two attached hydrogens (primary N) is 1. The van der Waals surface area contributed by atoms with E-state index in [4.69, 9.17) is 5.73 Å². The SMILES string of the molecule is CC(=O)c1ccc(C2=NC=C(N=Nc3cc(S(=O)(=O)O)c4ccccc4c3N)CC2C)cc1. The number of rotatable bonds is 5. The van der Waals surface area contributed by atoms with Gasteiger partial charge in [0.25, 0.3) is 10.1 Å². The summed E-state index contributed by atoms with van der Waals surface area (Å²) in [6, 6.07) is 15.1. The highest BCUT2D eigenvalue weighted by Crippen LogP contribution is 2.36. The summed E-state index contributed by atoms with van der Waals surface area (Å²) in [7, 11) is -4.48. The van der Waals surface area contributed by atoms with Gasteiger partial charge in [-0.3, -0.25) is 14.3 Å². The maximum absolute atomic E-state index is 11.9. The highest BCUT2D eigenvalue weighted by atomic mass is 32.2. The molecule has 3 N–H and O–H groups in total. The Hall–Kier alpha value is -3.69. The van der Waals surface area contributed by atoms with Gasteiger partial charge < -0.3 is 5.73 Å². The largest absolute Gasteiger partial charge is 0.396 e. The van der Waals surface area contributed by atoms with Gasteiger partial charge in [0.15, 0.2) is 5.78 Å². The van der Waals surface area contributed by atoms with E-state index in [2.05, 4.69) is 15.2 Å². The van der Waals surface area contributed by atoms with E-state index in [-0.39, 0.29) is 28.0 Å². The van der Waals surface area contributed by atoms with Crippen molar-refractivity contribution in [3.63, 3.8) is 0 Å². The number of hydrogen-bond donors (Lipinski definition) is 2. The van der Waals surface area contributed by atoms with Crippen LogP contribution in [-0.4, -0.2) is 24.5 Å². The van der Waals surface area contributed by atoms with E-state index in [0.29, 0.717) is 28.5 Å². The van der Waals surface area contributed by atoms with Gasteiger partial charge in [0.05, 0.1) is 23.3 Å². The fraction of sp³-hybridized carbons (Fsp3) is 0.167. The van der Waals surface area contributed by atoms with E-state index in [1.54, 1.807) is 42.6 Å². The molecule has 0 spiro atoms. The number of carbonyl (C=O) groups is 1. The van der Waals surface area contributed by atoms with Crippen molar-refractivity contribution in [2.45, 2.75) is 25.2 Å². The number of anilines is 1. The van der Waals surface area contributed by atoms with Crippen LogP contribution >= 0.6 is 0 Å². The number of azo groups is 1. The molecule has 0 aliphatic carbocycles. The zero-order valence-electron chi connectivity index (χ0n) is 18.1. The topological polar surface area (TPSA) is 135 Å². The minimum Gasteiger partial charge on any atom is -0.396 e. The first kappa shape index (κ1) is 22.5. The molecule has 8 nitrogen and oxygen atoms in total. The van der Waals surface area contributed by atoms with E-state index in [1.807, 2.05) is 19.1 Å². The van der Waals surface area contributed by atoms with Crippen LogP contribution in [0.3, 0.4) is 0 Å². The van der Waals surface area contributed by atoms with Crippen LogP contribution in [0.2, 0.25) is 0 Å². The predicted octanol–water partition coefficient (Wildman–Crippen LogP) is 5.33. The molecule has 33 heavy (non-hydrogen) atoms. The fourth-order valence-corrected chi connectivity index (χ4v) is 4.52. The monoisotopic (exact) mass is 462 g/mol. The van der Waals surface area contributed by atoms with E-state index in [9.17, 15) is 17.8 Å². The van der Waals surface area contributed by atoms with Crippen LogP contribution in [0.5, 0.6) is 0 Å². The van der Waals surface area contributed by atoms with Crippen LogP contribution < -0.4 is 5.73 Å². The second kappa shape index (κ2) is 8.68. The molecule has 0 radical (unpaired) electrons. The van der Waals surface area contributed by atoms with Gasteiger partial charge in [0, 0.05) is 28.7 Å². The minimum absolute atomic E-state index is 0.00731. The fourth-order valence-electron chi connectivity index (χ4n) is 3.80. The molecule has 0 amide bonds. The van der Waals surface area contributed by atoms with Gasteiger partial charge in [-0.15, -0.1) is 5.11 Å². The molecule has 0 fully saturated rings. The molecule has 1 aliphatic rings. The van der Waals surface area contributed by atoms with Crippen LogP contribution in [0.4, 0.5) is 11.4 Å². The molecule has 3 aromatic rings. The molecule has 1 unspecified atom stereocenters.